The molecule has 0 bridgehead atoms. The Morgan fingerprint density at radius 1 is 1.78 bits per heavy atom. The molecule has 1 aliphatic rings. The summed E-state index contributed by atoms with van der Waals surface area (Å²) >= 11 is 0.221. The van der Waals surface area contributed by atoms with Crippen LogP contribution in [0.2, 0.25) is 5.82 Å². The van der Waals surface area contributed by atoms with Crippen LogP contribution in [0.5, 0.6) is 0 Å². The third-order valence-electron chi connectivity index (χ3n) is 1.70. The number of aliphatic hydroxyl groups is 1. The van der Waals surface area contributed by atoms with Crippen LogP contribution in [0.4, 0.5) is 0 Å². The van der Waals surface area contributed by atoms with Gasteiger partial charge in [0.1, 0.15) is 0 Å². The van der Waals surface area contributed by atoms with Gasteiger partial charge in [0.05, 0.1) is 0 Å². The summed E-state index contributed by atoms with van der Waals surface area (Å²) in [5, 5.41) is 9.20. The molecule has 2 unspecified atom stereocenters. The zero-order chi connectivity index (χ0) is 6.85. The van der Waals surface area contributed by atoms with E-state index in [1.165, 1.54) is 0 Å². The monoisotopic (exact) mass is 237 g/mol. The van der Waals surface area contributed by atoms with Gasteiger partial charge >= 0.3 is 67.8 Å². The molecule has 9 heavy (non-hydrogen) atoms. The molecule has 1 rings (SSSR count). The number of rotatable bonds is 1. The van der Waals surface area contributed by atoms with Crippen molar-refractivity contribution in [2.24, 2.45) is 0 Å². The molecule has 1 heterocycles. The van der Waals surface area contributed by atoms with Crippen LogP contribution >= 0.6 is 0 Å². The molecule has 0 spiro atoms. The van der Waals surface area contributed by atoms with Crippen LogP contribution in [0.3, 0.4) is 0 Å². The van der Waals surface area contributed by atoms with Crippen LogP contribution in [0.15, 0.2) is 0 Å². The standard InChI is InChI=1S/C6H11BIO/c1-2-4-6(7)5(9)3-8-4/h4-6,9H,2-3H2,1H3/q-1/t4?,5-,6?/m1/s1. The fraction of sp³-hybridized carbons (Fsp3) is 1.00. The molecule has 0 saturated carbocycles. The van der Waals surface area contributed by atoms with Crippen molar-refractivity contribution < 1.29 is 26.3 Å². The molecule has 0 aromatic carbocycles. The Balaban J connectivity index is 2.41. The van der Waals surface area contributed by atoms with Crippen molar-refractivity contribution in [2.75, 3.05) is 4.43 Å². The third-order valence-corrected chi connectivity index (χ3v) is 5.95. The maximum absolute atomic E-state index is 9.20. The first-order valence-corrected chi connectivity index (χ1v) is 6.04. The van der Waals surface area contributed by atoms with Crippen LogP contribution in [-0.4, -0.2) is 27.4 Å². The molecule has 3 atom stereocenters. The van der Waals surface area contributed by atoms with Crippen molar-refractivity contribution in [3.63, 3.8) is 0 Å². The van der Waals surface area contributed by atoms with E-state index in [9.17, 15) is 5.11 Å². The van der Waals surface area contributed by atoms with Gasteiger partial charge in [-0.1, -0.05) is 0 Å². The van der Waals surface area contributed by atoms with E-state index < -0.39 is 0 Å². The Hall–Kier alpha value is 0.755. The van der Waals surface area contributed by atoms with E-state index in [4.69, 9.17) is 7.85 Å². The summed E-state index contributed by atoms with van der Waals surface area (Å²) in [5.41, 5.74) is 0. The van der Waals surface area contributed by atoms with Crippen molar-refractivity contribution in [1.29, 1.82) is 0 Å². The molecular formula is C6H11BIO-. The Bertz CT molecular complexity index is 99.1. The van der Waals surface area contributed by atoms with Gasteiger partial charge in [-0.25, -0.2) is 0 Å². The minimum atomic E-state index is -0.178. The molecular weight excluding hydrogens is 226 g/mol. The Morgan fingerprint density at radius 3 is 2.67 bits per heavy atom. The Kier molecular flexibility index (Phi) is 2.83. The predicted octanol–water partition coefficient (Wildman–Crippen LogP) is -2.81. The normalized spacial score (nSPS) is 44.4. The van der Waals surface area contributed by atoms with Crippen LogP contribution in [0, 0.1) is 0 Å². The van der Waals surface area contributed by atoms with E-state index in [1.807, 2.05) is 0 Å². The second-order valence-corrected chi connectivity index (χ2v) is 5.74. The van der Waals surface area contributed by atoms with E-state index in [-0.39, 0.29) is 33.1 Å². The van der Waals surface area contributed by atoms with Crippen LogP contribution in [0.1, 0.15) is 13.3 Å². The summed E-state index contributed by atoms with van der Waals surface area (Å²) in [4.78, 5) is 0. The van der Waals surface area contributed by atoms with Crippen LogP contribution in [0.25, 0.3) is 0 Å². The van der Waals surface area contributed by atoms with Gasteiger partial charge in [-0.05, 0) is 0 Å². The van der Waals surface area contributed by atoms with Gasteiger partial charge in [-0.3, -0.25) is 0 Å². The van der Waals surface area contributed by atoms with E-state index in [2.05, 4.69) is 6.92 Å². The maximum atomic E-state index is 9.20. The fourth-order valence-electron chi connectivity index (χ4n) is 1.03. The molecule has 0 amide bonds. The van der Waals surface area contributed by atoms with E-state index in [0.717, 1.165) is 10.8 Å². The second kappa shape index (κ2) is 3.24. The van der Waals surface area contributed by atoms with E-state index >= 15 is 0 Å². The van der Waals surface area contributed by atoms with Gasteiger partial charge in [0.15, 0.2) is 0 Å². The molecule has 1 saturated heterocycles. The average molecular weight is 237 g/mol. The van der Waals surface area contributed by atoms with Crippen LogP contribution < -0.4 is 21.2 Å². The van der Waals surface area contributed by atoms with Gasteiger partial charge < -0.3 is 0 Å². The Morgan fingerprint density at radius 2 is 2.44 bits per heavy atom. The van der Waals surface area contributed by atoms with E-state index in [0.29, 0.717) is 3.92 Å². The molecule has 0 aromatic heterocycles. The molecule has 1 nitrogen and oxygen atoms in total. The summed E-state index contributed by atoms with van der Waals surface area (Å²) in [6.45, 7) is 2.16. The van der Waals surface area contributed by atoms with Gasteiger partial charge in [-0.15, -0.1) is 0 Å². The molecule has 0 aliphatic carbocycles. The number of hydrogen-bond acceptors (Lipinski definition) is 1. The fourth-order valence-corrected chi connectivity index (χ4v) is 4.48. The second-order valence-electron chi connectivity index (χ2n) is 2.38. The number of hydrogen-bond donors (Lipinski definition) is 1. The number of alkyl halides is 2. The average Bonchev–Trinajstić information content (AvgIpc) is 2.15. The SMILES string of the molecule is [B]C1C(CC)[I-]C[C@H]1O. The summed E-state index contributed by atoms with van der Waals surface area (Å²) in [7, 11) is 5.71. The van der Waals surface area contributed by atoms with Gasteiger partial charge in [0, 0.05) is 0 Å². The van der Waals surface area contributed by atoms with E-state index in [1.54, 1.807) is 0 Å². The minimum absolute atomic E-state index is 0.0998. The quantitative estimate of drug-likeness (QED) is 0.296. The van der Waals surface area contributed by atoms with Crippen LogP contribution in [-0.2, 0) is 0 Å². The Labute approximate surface area is 67.9 Å². The van der Waals surface area contributed by atoms with Crippen molar-refractivity contribution in [3.05, 3.63) is 0 Å². The molecule has 2 radical (unpaired) electrons. The molecule has 52 valence electrons. The summed E-state index contributed by atoms with van der Waals surface area (Å²) in [5.74, 6) is 0.0998. The molecule has 3 heteroatoms. The summed E-state index contributed by atoms with van der Waals surface area (Å²) in [6.07, 6.45) is 0.980. The van der Waals surface area contributed by atoms with Crippen molar-refractivity contribution in [3.8, 4) is 0 Å². The van der Waals surface area contributed by atoms with Crippen molar-refractivity contribution in [1.82, 2.24) is 0 Å². The van der Waals surface area contributed by atoms with Gasteiger partial charge in [0.25, 0.3) is 0 Å². The predicted molar refractivity (Wildman–Crippen MR) is 34.5 cm³/mol. The summed E-state index contributed by atoms with van der Waals surface area (Å²) < 4.78 is 1.69. The topological polar surface area (TPSA) is 20.2 Å². The number of aliphatic hydroxyl groups excluding tert-OH is 1. The van der Waals surface area contributed by atoms with Crippen molar-refractivity contribution >= 4 is 7.85 Å². The molecule has 1 N–H and O–H groups in total. The van der Waals surface area contributed by atoms with Gasteiger partial charge in [-0.2, -0.15) is 0 Å². The first-order valence-electron chi connectivity index (χ1n) is 3.27. The molecule has 1 aliphatic heterocycles. The third kappa shape index (κ3) is 1.61. The zero-order valence-electron chi connectivity index (χ0n) is 5.55. The molecule has 0 aromatic rings. The van der Waals surface area contributed by atoms with Gasteiger partial charge in [0.2, 0.25) is 0 Å². The van der Waals surface area contributed by atoms with Crippen molar-refractivity contribution in [2.45, 2.75) is 29.2 Å². The zero-order valence-corrected chi connectivity index (χ0v) is 7.71. The number of halogens is 1. The first kappa shape index (κ1) is 7.86. The molecule has 1 fully saturated rings. The first-order chi connectivity index (χ1) is 4.25. The summed E-state index contributed by atoms with van der Waals surface area (Å²) in [6, 6.07) is 0.